The van der Waals surface area contributed by atoms with Crippen LogP contribution in [-0.2, 0) is 0 Å². The largest absolute Gasteiger partial charge is 0.392 e. The van der Waals surface area contributed by atoms with Crippen molar-refractivity contribution in [1.82, 2.24) is 5.32 Å². The summed E-state index contributed by atoms with van der Waals surface area (Å²) in [5, 5.41) is 3.33. The fraction of sp³-hybridized carbons (Fsp3) is 0.273. The third kappa shape index (κ3) is 3.94. The predicted molar refractivity (Wildman–Crippen MR) is 77.5 cm³/mol. The first-order chi connectivity index (χ1) is 7.95. The highest BCUT2D eigenvalue weighted by molar-refractivity contribution is 9.10. The van der Waals surface area contributed by atoms with Gasteiger partial charge in [0.25, 0.3) is 5.91 Å². The Morgan fingerprint density at radius 1 is 1.65 bits per heavy atom. The number of halogens is 2. The highest BCUT2D eigenvalue weighted by Gasteiger charge is 2.16. The molecule has 0 saturated heterocycles. The average molecular weight is 336 g/mol. The van der Waals surface area contributed by atoms with E-state index in [9.17, 15) is 4.79 Å². The van der Waals surface area contributed by atoms with Crippen LogP contribution in [0.25, 0.3) is 0 Å². The molecule has 0 aliphatic carbocycles. The van der Waals surface area contributed by atoms with E-state index in [0.717, 1.165) is 0 Å². The smallest absolute Gasteiger partial charge is 0.252 e. The van der Waals surface area contributed by atoms with E-state index in [0.29, 0.717) is 21.5 Å². The van der Waals surface area contributed by atoms with Gasteiger partial charge in [-0.2, -0.15) is 0 Å². The standard InChI is InChI=1S/C11H12BrClN2OS/c1-2-9(10(14)17)15-11(16)7-4-3-6(13)5-8(7)12/h3-5,9H,2H2,1H3,(H2,14,17)(H,15,16). The van der Waals surface area contributed by atoms with Crippen molar-refractivity contribution in [2.45, 2.75) is 19.4 Å². The lowest BCUT2D eigenvalue weighted by Crippen LogP contribution is -2.43. The van der Waals surface area contributed by atoms with Gasteiger partial charge in [0.15, 0.2) is 0 Å². The van der Waals surface area contributed by atoms with Crippen LogP contribution in [0.5, 0.6) is 0 Å². The Morgan fingerprint density at radius 3 is 2.76 bits per heavy atom. The Morgan fingerprint density at radius 2 is 2.29 bits per heavy atom. The molecule has 3 nitrogen and oxygen atoms in total. The SMILES string of the molecule is CCC(NC(=O)c1ccc(Cl)cc1Br)C(N)=S. The van der Waals surface area contributed by atoms with Gasteiger partial charge in [-0.15, -0.1) is 0 Å². The molecule has 0 spiro atoms. The van der Waals surface area contributed by atoms with Gasteiger partial charge >= 0.3 is 0 Å². The molecular formula is C11H12BrClN2OS. The number of nitrogens with one attached hydrogen (secondary N) is 1. The summed E-state index contributed by atoms with van der Waals surface area (Å²) in [6, 6.07) is 4.68. The van der Waals surface area contributed by atoms with E-state index in [-0.39, 0.29) is 16.9 Å². The van der Waals surface area contributed by atoms with E-state index in [1.165, 1.54) is 0 Å². The van der Waals surface area contributed by atoms with Gasteiger partial charge in [-0.25, -0.2) is 0 Å². The van der Waals surface area contributed by atoms with E-state index in [1.807, 2.05) is 6.92 Å². The van der Waals surface area contributed by atoms with Crippen molar-refractivity contribution in [3.05, 3.63) is 33.3 Å². The van der Waals surface area contributed by atoms with Gasteiger partial charge < -0.3 is 11.1 Å². The molecule has 3 N–H and O–H groups in total. The third-order valence-electron chi connectivity index (χ3n) is 2.23. The minimum absolute atomic E-state index is 0.229. The van der Waals surface area contributed by atoms with Gasteiger partial charge in [-0.05, 0) is 40.5 Å². The molecule has 0 bridgehead atoms. The number of hydrogen-bond donors (Lipinski definition) is 2. The molecule has 1 rings (SSSR count). The van der Waals surface area contributed by atoms with Gasteiger partial charge in [0.05, 0.1) is 16.6 Å². The minimum atomic E-state index is -0.292. The molecule has 0 heterocycles. The molecule has 1 aromatic carbocycles. The molecule has 1 aromatic rings. The van der Waals surface area contributed by atoms with Crippen LogP contribution in [0.2, 0.25) is 5.02 Å². The second-order valence-electron chi connectivity index (χ2n) is 3.46. The number of rotatable bonds is 4. The van der Waals surface area contributed by atoms with Crippen molar-refractivity contribution in [1.29, 1.82) is 0 Å². The monoisotopic (exact) mass is 334 g/mol. The summed E-state index contributed by atoms with van der Waals surface area (Å²) in [6.45, 7) is 1.90. The Hall–Kier alpha value is -0.650. The number of nitrogens with two attached hydrogens (primary N) is 1. The summed E-state index contributed by atoms with van der Waals surface area (Å²) in [6.07, 6.45) is 0.659. The van der Waals surface area contributed by atoms with Crippen LogP contribution in [0.4, 0.5) is 0 Å². The second kappa shape index (κ2) is 6.33. The zero-order valence-corrected chi connectivity index (χ0v) is 12.3. The first-order valence-electron chi connectivity index (χ1n) is 5.01. The lowest BCUT2D eigenvalue weighted by atomic mass is 10.1. The molecule has 0 aromatic heterocycles. The Bertz CT molecular complexity index is 453. The highest BCUT2D eigenvalue weighted by Crippen LogP contribution is 2.21. The van der Waals surface area contributed by atoms with E-state index < -0.39 is 0 Å². The fourth-order valence-corrected chi connectivity index (χ4v) is 2.37. The normalized spacial score (nSPS) is 11.9. The molecular weight excluding hydrogens is 324 g/mol. The van der Waals surface area contributed by atoms with Gasteiger partial charge in [-0.1, -0.05) is 30.7 Å². The predicted octanol–water partition coefficient (Wildman–Crippen LogP) is 2.90. The molecule has 17 heavy (non-hydrogen) atoms. The number of benzene rings is 1. The van der Waals surface area contributed by atoms with Gasteiger partial charge in [-0.3, -0.25) is 4.79 Å². The lowest BCUT2D eigenvalue weighted by molar-refractivity contribution is 0.0945. The van der Waals surface area contributed by atoms with Crippen molar-refractivity contribution in [3.63, 3.8) is 0 Å². The zero-order valence-electron chi connectivity index (χ0n) is 9.17. The Labute approximate surface area is 119 Å². The summed E-state index contributed by atoms with van der Waals surface area (Å²) in [4.78, 5) is 12.2. The lowest BCUT2D eigenvalue weighted by Gasteiger charge is -2.15. The first-order valence-corrected chi connectivity index (χ1v) is 6.58. The number of carbonyl (C=O) groups is 1. The molecule has 0 aliphatic rings. The fourth-order valence-electron chi connectivity index (χ4n) is 1.28. The Balaban J connectivity index is 2.86. The van der Waals surface area contributed by atoms with Crippen LogP contribution in [0.1, 0.15) is 23.7 Å². The number of hydrogen-bond acceptors (Lipinski definition) is 2. The molecule has 1 atom stereocenters. The van der Waals surface area contributed by atoms with E-state index >= 15 is 0 Å². The quantitative estimate of drug-likeness (QED) is 0.832. The van der Waals surface area contributed by atoms with Crippen molar-refractivity contribution in [2.75, 3.05) is 0 Å². The average Bonchev–Trinajstić information content (AvgIpc) is 2.24. The molecule has 6 heteroatoms. The first kappa shape index (κ1) is 14.4. The van der Waals surface area contributed by atoms with Gasteiger partial charge in [0, 0.05) is 9.50 Å². The van der Waals surface area contributed by atoms with Crippen molar-refractivity contribution in [3.8, 4) is 0 Å². The van der Waals surface area contributed by atoms with Crippen LogP contribution in [0.15, 0.2) is 22.7 Å². The maximum Gasteiger partial charge on any atom is 0.252 e. The van der Waals surface area contributed by atoms with E-state index in [1.54, 1.807) is 18.2 Å². The molecule has 0 aliphatic heterocycles. The van der Waals surface area contributed by atoms with Crippen LogP contribution < -0.4 is 11.1 Å². The summed E-state index contributed by atoms with van der Waals surface area (Å²) in [5.41, 5.74) is 6.02. The van der Waals surface area contributed by atoms with Gasteiger partial charge in [0.2, 0.25) is 0 Å². The molecule has 0 radical (unpaired) electrons. The van der Waals surface area contributed by atoms with Crippen molar-refractivity contribution in [2.24, 2.45) is 5.73 Å². The third-order valence-corrected chi connectivity index (χ3v) is 3.41. The molecule has 0 saturated carbocycles. The van der Waals surface area contributed by atoms with Crippen LogP contribution in [0.3, 0.4) is 0 Å². The summed E-state index contributed by atoms with van der Waals surface area (Å²) >= 11 is 14.0. The van der Waals surface area contributed by atoms with E-state index in [4.69, 9.17) is 29.6 Å². The van der Waals surface area contributed by atoms with Crippen molar-refractivity contribution >= 4 is 50.6 Å². The van der Waals surface area contributed by atoms with Crippen molar-refractivity contribution < 1.29 is 4.79 Å². The Kier molecular flexibility index (Phi) is 5.36. The minimum Gasteiger partial charge on any atom is -0.392 e. The molecule has 1 amide bonds. The van der Waals surface area contributed by atoms with E-state index in [2.05, 4.69) is 21.2 Å². The second-order valence-corrected chi connectivity index (χ2v) is 5.22. The molecule has 0 fully saturated rings. The number of carbonyl (C=O) groups excluding carboxylic acids is 1. The maximum atomic E-state index is 12.0. The van der Waals surface area contributed by atoms with Crippen LogP contribution in [0, 0.1) is 0 Å². The number of thiocarbonyl (C=S) groups is 1. The van der Waals surface area contributed by atoms with Crippen LogP contribution in [-0.4, -0.2) is 16.9 Å². The number of amides is 1. The highest BCUT2D eigenvalue weighted by atomic mass is 79.9. The summed E-state index contributed by atoms with van der Waals surface area (Å²) in [7, 11) is 0. The molecule has 1 unspecified atom stereocenters. The maximum absolute atomic E-state index is 12.0. The molecule has 92 valence electrons. The van der Waals surface area contributed by atoms with Gasteiger partial charge in [0.1, 0.15) is 0 Å². The summed E-state index contributed by atoms with van der Waals surface area (Å²) < 4.78 is 0.639. The van der Waals surface area contributed by atoms with Crippen LogP contribution >= 0.6 is 39.7 Å². The topological polar surface area (TPSA) is 55.1 Å². The summed E-state index contributed by atoms with van der Waals surface area (Å²) in [5.74, 6) is -0.229. The zero-order chi connectivity index (χ0) is 13.0.